The van der Waals surface area contributed by atoms with Gasteiger partial charge in [-0.3, -0.25) is 14.5 Å². The number of para-hydroxylation sites is 1. The molecular weight excluding hydrogens is 389 g/mol. The second-order valence-corrected chi connectivity index (χ2v) is 7.25. The average Bonchev–Trinajstić information content (AvgIpc) is 2.91. The zero-order valence-electron chi connectivity index (χ0n) is 14.6. The van der Waals surface area contributed by atoms with Crippen LogP contribution in [0.2, 0.25) is 5.02 Å². The normalized spacial score (nSPS) is 15.7. The summed E-state index contributed by atoms with van der Waals surface area (Å²) in [7, 11) is 0. The van der Waals surface area contributed by atoms with Crippen molar-refractivity contribution in [2.24, 2.45) is 0 Å². The number of nitrogens with zero attached hydrogens (tertiary/aromatic N) is 1. The maximum atomic E-state index is 14.0. The topological polar surface area (TPSA) is 46.6 Å². The molecule has 0 unspecified atom stereocenters. The zero-order valence-corrected chi connectivity index (χ0v) is 16.1. The van der Waals surface area contributed by atoms with Gasteiger partial charge in [0.15, 0.2) is 0 Å². The molecule has 0 atom stereocenters. The number of thioether (sulfide) groups is 1. The Balaban J connectivity index is 1.85. The molecule has 1 aliphatic heterocycles. The summed E-state index contributed by atoms with van der Waals surface area (Å²) in [5.41, 5.74) is 0.828. The summed E-state index contributed by atoms with van der Waals surface area (Å²) in [6, 6.07) is 11.5. The second-order valence-electron chi connectivity index (χ2n) is 5.85. The molecule has 1 heterocycles. The van der Waals surface area contributed by atoms with Crippen LogP contribution in [0.1, 0.15) is 24.5 Å². The average molecular weight is 406 g/mol. The van der Waals surface area contributed by atoms with Gasteiger partial charge in [0.05, 0.1) is 18.1 Å². The quantitative estimate of drug-likeness (QED) is 0.595. The molecule has 0 aromatic heterocycles. The van der Waals surface area contributed by atoms with E-state index in [9.17, 15) is 14.0 Å². The lowest BCUT2D eigenvalue weighted by Gasteiger charge is -2.14. The fourth-order valence-corrected chi connectivity index (χ4v) is 3.61. The minimum Gasteiger partial charge on any atom is -0.493 e. The molecule has 0 bridgehead atoms. The van der Waals surface area contributed by atoms with Crippen molar-refractivity contribution in [1.82, 2.24) is 4.90 Å². The number of ether oxygens (including phenoxy) is 1. The molecule has 2 aromatic carbocycles. The van der Waals surface area contributed by atoms with E-state index in [0.717, 1.165) is 23.1 Å². The first-order chi connectivity index (χ1) is 13.0. The van der Waals surface area contributed by atoms with Crippen molar-refractivity contribution in [3.8, 4) is 5.75 Å². The van der Waals surface area contributed by atoms with E-state index in [2.05, 4.69) is 0 Å². The standard InChI is InChI=1S/C20H17ClFNO3S/c1-2-10-26-17-9-4-3-6-13(17)11-18-19(24)23(20(25)27-18)12-14-15(21)7-5-8-16(14)22/h3-9,11H,2,10,12H2,1H3/b18-11-. The van der Waals surface area contributed by atoms with Crippen LogP contribution in [0.3, 0.4) is 0 Å². The molecule has 1 aliphatic rings. The third-order valence-corrected chi connectivity index (χ3v) is 5.18. The number of carbonyl (C=O) groups excluding carboxylic acids is 2. The lowest BCUT2D eigenvalue weighted by atomic mass is 10.1. The molecular formula is C20H17ClFNO3S. The van der Waals surface area contributed by atoms with E-state index in [1.54, 1.807) is 6.08 Å². The molecule has 0 N–H and O–H groups in total. The number of benzene rings is 2. The highest BCUT2D eigenvalue weighted by molar-refractivity contribution is 8.18. The van der Waals surface area contributed by atoms with Gasteiger partial charge >= 0.3 is 0 Å². The Kier molecular flexibility index (Phi) is 6.19. The van der Waals surface area contributed by atoms with E-state index in [1.807, 2.05) is 31.2 Å². The van der Waals surface area contributed by atoms with Gasteiger partial charge in [0.25, 0.3) is 11.1 Å². The number of carbonyl (C=O) groups is 2. The van der Waals surface area contributed by atoms with Crippen LogP contribution in [0.4, 0.5) is 9.18 Å². The summed E-state index contributed by atoms with van der Waals surface area (Å²) in [5.74, 6) is -0.387. The van der Waals surface area contributed by atoms with E-state index >= 15 is 0 Å². The summed E-state index contributed by atoms with van der Waals surface area (Å²) < 4.78 is 19.7. The van der Waals surface area contributed by atoms with E-state index in [-0.39, 0.29) is 22.0 Å². The maximum Gasteiger partial charge on any atom is 0.293 e. The van der Waals surface area contributed by atoms with Gasteiger partial charge < -0.3 is 4.74 Å². The molecule has 4 nitrogen and oxygen atoms in total. The zero-order chi connectivity index (χ0) is 19.4. The molecule has 3 rings (SSSR count). The summed E-state index contributed by atoms with van der Waals surface area (Å²) in [4.78, 5) is 26.2. The second kappa shape index (κ2) is 8.59. The first kappa shape index (κ1) is 19.5. The van der Waals surface area contributed by atoms with E-state index in [0.29, 0.717) is 17.9 Å². The molecule has 7 heteroatoms. The number of amides is 2. The van der Waals surface area contributed by atoms with E-state index in [1.165, 1.54) is 18.2 Å². The first-order valence-corrected chi connectivity index (χ1v) is 9.60. The SMILES string of the molecule is CCCOc1ccccc1/C=C1\SC(=O)N(Cc2c(F)cccc2Cl)C1=O. The van der Waals surface area contributed by atoms with Gasteiger partial charge in [0.2, 0.25) is 0 Å². The predicted octanol–water partition coefficient (Wildman–Crippen LogP) is 5.50. The Labute approximate surface area is 166 Å². The van der Waals surface area contributed by atoms with Gasteiger partial charge in [-0.1, -0.05) is 42.8 Å². The molecule has 2 amide bonds. The maximum absolute atomic E-state index is 14.0. The lowest BCUT2D eigenvalue weighted by molar-refractivity contribution is -0.123. The van der Waals surface area contributed by atoms with E-state index < -0.39 is 17.0 Å². The van der Waals surface area contributed by atoms with Crippen molar-refractivity contribution in [2.45, 2.75) is 19.9 Å². The molecule has 0 spiro atoms. The van der Waals surface area contributed by atoms with Crippen molar-refractivity contribution in [3.05, 3.63) is 69.3 Å². The number of rotatable bonds is 6. The van der Waals surface area contributed by atoms with Gasteiger partial charge in [0.1, 0.15) is 11.6 Å². The Morgan fingerprint density at radius 1 is 1.19 bits per heavy atom. The summed E-state index contributed by atoms with van der Waals surface area (Å²) in [5, 5.41) is -0.283. The Hall–Kier alpha value is -2.31. The molecule has 1 saturated heterocycles. The van der Waals surface area contributed by atoms with Crippen molar-refractivity contribution in [3.63, 3.8) is 0 Å². The number of halogens is 2. The third kappa shape index (κ3) is 4.34. The fraction of sp³-hybridized carbons (Fsp3) is 0.200. The van der Waals surface area contributed by atoms with Crippen LogP contribution < -0.4 is 4.74 Å². The highest BCUT2D eigenvalue weighted by atomic mass is 35.5. The minimum absolute atomic E-state index is 0.120. The van der Waals surface area contributed by atoms with Gasteiger partial charge in [-0.05, 0) is 42.5 Å². The Bertz CT molecular complexity index is 896. The summed E-state index contributed by atoms with van der Waals surface area (Å²) >= 11 is 6.83. The molecule has 1 fully saturated rings. The van der Waals surface area contributed by atoms with Crippen molar-refractivity contribution in [1.29, 1.82) is 0 Å². The smallest absolute Gasteiger partial charge is 0.293 e. The lowest BCUT2D eigenvalue weighted by Crippen LogP contribution is -2.28. The molecule has 2 aromatic rings. The Morgan fingerprint density at radius 2 is 1.96 bits per heavy atom. The predicted molar refractivity (Wildman–Crippen MR) is 105 cm³/mol. The third-order valence-electron chi connectivity index (χ3n) is 3.92. The monoisotopic (exact) mass is 405 g/mol. The highest BCUT2D eigenvalue weighted by Crippen LogP contribution is 2.35. The summed E-state index contributed by atoms with van der Waals surface area (Å²) in [6.07, 6.45) is 2.48. The van der Waals surface area contributed by atoms with Gasteiger partial charge in [-0.15, -0.1) is 0 Å². The molecule has 27 heavy (non-hydrogen) atoms. The van der Waals surface area contributed by atoms with Crippen LogP contribution in [0.5, 0.6) is 5.75 Å². The van der Waals surface area contributed by atoms with Crippen LogP contribution in [-0.2, 0) is 11.3 Å². The summed E-state index contributed by atoms with van der Waals surface area (Å²) in [6.45, 7) is 2.35. The van der Waals surface area contributed by atoms with Crippen LogP contribution in [0, 0.1) is 5.82 Å². The van der Waals surface area contributed by atoms with Gasteiger partial charge in [0, 0.05) is 16.1 Å². The van der Waals surface area contributed by atoms with Crippen LogP contribution in [0.25, 0.3) is 6.08 Å². The molecule has 0 aliphatic carbocycles. The van der Waals surface area contributed by atoms with Gasteiger partial charge in [-0.2, -0.15) is 0 Å². The number of hydrogen-bond donors (Lipinski definition) is 0. The van der Waals surface area contributed by atoms with Gasteiger partial charge in [-0.25, -0.2) is 4.39 Å². The van der Waals surface area contributed by atoms with E-state index in [4.69, 9.17) is 16.3 Å². The van der Waals surface area contributed by atoms with Crippen molar-refractivity contribution < 1.29 is 18.7 Å². The van der Waals surface area contributed by atoms with Crippen LogP contribution >= 0.6 is 23.4 Å². The fourth-order valence-electron chi connectivity index (χ4n) is 2.56. The molecule has 140 valence electrons. The highest BCUT2D eigenvalue weighted by Gasteiger charge is 2.36. The molecule has 0 saturated carbocycles. The Morgan fingerprint density at radius 3 is 2.70 bits per heavy atom. The van der Waals surface area contributed by atoms with Crippen LogP contribution in [0.15, 0.2) is 47.4 Å². The minimum atomic E-state index is -0.552. The van der Waals surface area contributed by atoms with Crippen molar-refractivity contribution in [2.75, 3.05) is 6.61 Å². The molecule has 0 radical (unpaired) electrons. The number of imide groups is 1. The first-order valence-electron chi connectivity index (χ1n) is 8.41. The largest absolute Gasteiger partial charge is 0.493 e. The van der Waals surface area contributed by atoms with Crippen LogP contribution in [-0.4, -0.2) is 22.7 Å². The number of hydrogen-bond acceptors (Lipinski definition) is 4. The van der Waals surface area contributed by atoms with Crippen molar-refractivity contribution >= 4 is 40.6 Å².